The largest absolute Gasteiger partial charge is 0.372 e. The quantitative estimate of drug-likeness (QED) is 0.813. The zero-order chi connectivity index (χ0) is 13.8. The van der Waals surface area contributed by atoms with E-state index in [1.165, 1.54) is 0 Å². The van der Waals surface area contributed by atoms with E-state index in [0.29, 0.717) is 44.5 Å². The van der Waals surface area contributed by atoms with E-state index in [9.17, 15) is 4.79 Å². The SMILES string of the molecule is CC(C)CC(CN)CC(=O)N1CCOC(C)(C)C1. The fourth-order valence-corrected chi connectivity index (χ4v) is 2.53. The molecular formula is C14H28N2O2. The van der Waals surface area contributed by atoms with Gasteiger partial charge in [-0.1, -0.05) is 13.8 Å². The summed E-state index contributed by atoms with van der Waals surface area (Å²) in [5, 5.41) is 0. The van der Waals surface area contributed by atoms with E-state index in [1.807, 2.05) is 18.7 Å². The Labute approximate surface area is 111 Å². The van der Waals surface area contributed by atoms with E-state index < -0.39 is 0 Å². The predicted molar refractivity (Wildman–Crippen MR) is 73.2 cm³/mol. The number of nitrogens with two attached hydrogens (primary N) is 1. The van der Waals surface area contributed by atoms with Crippen molar-refractivity contribution < 1.29 is 9.53 Å². The molecule has 0 spiro atoms. The van der Waals surface area contributed by atoms with Gasteiger partial charge in [-0.25, -0.2) is 0 Å². The highest BCUT2D eigenvalue weighted by atomic mass is 16.5. The van der Waals surface area contributed by atoms with E-state index in [2.05, 4.69) is 13.8 Å². The van der Waals surface area contributed by atoms with Crippen LogP contribution in [0.1, 0.15) is 40.5 Å². The topological polar surface area (TPSA) is 55.6 Å². The third-order valence-electron chi connectivity index (χ3n) is 3.38. The number of carbonyl (C=O) groups excluding carboxylic acids is 1. The Hall–Kier alpha value is -0.610. The first-order chi connectivity index (χ1) is 8.34. The molecule has 0 aromatic carbocycles. The number of nitrogens with zero attached hydrogens (tertiary/aromatic N) is 1. The predicted octanol–water partition coefficient (Wildman–Crippen LogP) is 1.63. The van der Waals surface area contributed by atoms with Crippen LogP contribution in [0.2, 0.25) is 0 Å². The number of ether oxygens (including phenoxy) is 1. The molecule has 0 aliphatic carbocycles. The van der Waals surface area contributed by atoms with Gasteiger partial charge in [-0.2, -0.15) is 0 Å². The van der Waals surface area contributed by atoms with Gasteiger partial charge in [0, 0.05) is 19.5 Å². The molecule has 1 amide bonds. The highest BCUT2D eigenvalue weighted by Crippen LogP contribution is 2.20. The molecule has 1 aliphatic heterocycles. The minimum Gasteiger partial charge on any atom is -0.372 e. The van der Waals surface area contributed by atoms with Crippen LogP contribution >= 0.6 is 0 Å². The van der Waals surface area contributed by atoms with Crippen molar-refractivity contribution in [1.29, 1.82) is 0 Å². The van der Waals surface area contributed by atoms with Crippen molar-refractivity contribution in [3.8, 4) is 0 Å². The molecule has 0 saturated carbocycles. The minimum absolute atomic E-state index is 0.218. The molecule has 1 fully saturated rings. The summed E-state index contributed by atoms with van der Waals surface area (Å²) < 4.78 is 5.62. The van der Waals surface area contributed by atoms with Gasteiger partial charge in [0.1, 0.15) is 0 Å². The third-order valence-corrected chi connectivity index (χ3v) is 3.38. The van der Waals surface area contributed by atoms with Gasteiger partial charge in [0.05, 0.1) is 12.2 Å². The average molecular weight is 256 g/mol. The fourth-order valence-electron chi connectivity index (χ4n) is 2.53. The van der Waals surface area contributed by atoms with Crippen LogP contribution in [0.25, 0.3) is 0 Å². The van der Waals surface area contributed by atoms with Crippen LogP contribution < -0.4 is 5.73 Å². The summed E-state index contributed by atoms with van der Waals surface area (Å²) in [6.07, 6.45) is 1.60. The van der Waals surface area contributed by atoms with Gasteiger partial charge in [-0.05, 0) is 38.6 Å². The first kappa shape index (κ1) is 15.4. The molecule has 4 heteroatoms. The highest BCUT2D eigenvalue weighted by molar-refractivity contribution is 5.76. The van der Waals surface area contributed by atoms with Crippen LogP contribution in [0, 0.1) is 11.8 Å². The van der Waals surface area contributed by atoms with Crippen LogP contribution in [0.15, 0.2) is 0 Å². The first-order valence-electron chi connectivity index (χ1n) is 6.96. The molecule has 2 N–H and O–H groups in total. The number of amides is 1. The van der Waals surface area contributed by atoms with Crippen molar-refractivity contribution in [2.24, 2.45) is 17.6 Å². The zero-order valence-corrected chi connectivity index (χ0v) is 12.2. The van der Waals surface area contributed by atoms with Gasteiger partial charge < -0.3 is 15.4 Å². The van der Waals surface area contributed by atoms with Crippen molar-refractivity contribution in [1.82, 2.24) is 4.90 Å². The molecular weight excluding hydrogens is 228 g/mol. The Morgan fingerprint density at radius 2 is 2.11 bits per heavy atom. The normalized spacial score (nSPS) is 21.1. The summed E-state index contributed by atoms with van der Waals surface area (Å²) >= 11 is 0. The van der Waals surface area contributed by atoms with Gasteiger partial charge in [0.2, 0.25) is 5.91 Å². The molecule has 1 aliphatic rings. The molecule has 1 atom stereocenters. The molecule has 1 heterocycles. The summed E-state index contributed by atoms with van der Waals surface area (Å²) in [7, 11) is 0. The van der Waals surface area contributed by atoms with Crippen LogP contribution in [0.3, 0.4) is 0 Å². The average Bonchev–Trinajstić information content (AvgIpc) is 2.26. The second-order valence-electron chi connectivity index (χ2n) is 6.36. The van der Waals surface area contributed by atoms with Crippen molar-refractivity contribution in [2.45, 2.75) is 46.1 Å². The van der Waals surface area contributed by atoms with Gasteiger partial charge >= 0.3 is 0 Å². The summed E-state index contributed by atoms with van der Waals surface area (Å²) in [4.78, 5) is 14.2. The zero-order valence-electron chi connectivity index (χ0n) is 12.2. The Bertz CT molecular complexity index is 277. The third kappa shape index (κ3) is 4.94. The molecule has 4 nitrogen and oxygen atoms in total. The summed E-state index contributed by atoms with van der Waals surface area (Å²) in [5.41, 5.74) is 5.54. The number of carbonyl (C=O) groups is 1. The maximum atomic E-state index is 12.3. The minimum atomic E-state index is -0.218. The van der Waals surface area contributed by atoms with Gasteiger partial charge in [-0.3, -0.25) is 4.79 Å². The lowest BCUT2D eigenvalue weighted by molar-refractivity contribution is -0.146. The monoisotopic (exact) mass is 256 g/mol. The smallest absolute Gasteiger partial charge is 0.223 e. The fraction of sp³-hybridized carbons (Fsp3) is 0.929. The van der Waals surface area contributed by atoms with E-state index in [1.54, 1.807) is 0 Å². The molecule has 18 heavy (non-hydrogen) atoms. The van der Waals surface area contributed by atoms with Crippen molar-refractivity contribution in [2.75, 3.05) is 26.2 Å². The van der Waals surface area contributed by atoms with Crippen LogP contribution in [-0.4, -0.2) is 42.6 Å². The molecule has 0 aromatic rings. The van der Waals surface area contributed by atoms with E-state index >= 15 is 0 Å². The lowest BCUT2D eigenvalue weighted by Crippen LogP contribution is -2.51. The Morgan fingerprint density at radius 1 is 1.44 bits per heavy atom. The van der Waals surface area contributed by atoms with Crippen molar-refractivity contribution in [3.05, 3.63) is 0 Å². The Morgan fingerprint density at radius 3 is 2.61 bits per heavy atom. The van der Waals surface area contributed by atoms with E-state index in [-0.39, 0.29) is 11.5 Å². The van der Waals surface area contributed by atoms with Crippen LogP contribution in [0.4, 0.5) is 0 Å². The molecule has 1 unspecified atom stereocenters. The molecule has 1 saturated heterocycles. The van der Waals surface area contributed by atoms with Crippen LogP contribution in [0.5, 0.6) is 0 Å². The molecule has 0 aromatic heterocycles. The Balaban J connectivity index is 2.48. The first-order valence-corrected chi connectivity index (χ1v) is 6.96. The lowest BCUT2D eigenvalue weighted by atomic mass is 9.93. The summed E-state index contributed by atoms with van der Waals surface area (Å²) in [5.74, 6) is 1.12. The molecule has 1 rings (SSSR count). The molecule has 0 radical (unpaired) electrons. The summed E-state index contributed by atoms with van der Waals surface area (Å²) in [6, 6.07) is 0. The second-order valence-corrected chi connectivity index (χ2v) is 6.36. The van der Waals surface area contributed by atoms with Gasteiger partial charge in [-0.15, -0.1) is 0 Å². The van der Waals surface area contributed by atoms with E-state index in [4.69, 9.17) is 10.5 Å². The number of hydrogen-bond acceptors (Lipinski definition) is 3. The van der Waals surface area contributed by atoms with Crippen LogP contribution in [-0.2, 0) is 9.53 Å². The Kier molecular flexibility index (Phi) is 5.60. The molecule has 106 valence electrons. The van der Waals surface area contributed by atoms with E-state index in [0.717, 1.165) is 6.42 Å². The van der Waals surface area contributed by atoms with Gasteiger partial charge in [0.15, 0.2) is 0 Å². The van der Waals surface area contributed by atoms with Crippen molar-refractivity contribution >= 4 is 5.91 Å². The maximum absolute atomic E-state index is 12.3. The number of rotatable bonds is 5. The second kappa shape index (κ2) is 6.53. The standard InChI is InChI=1S/C14H28N2O2/c1-11(2)7-12(9-15)8-13(17)16-5-6-18-14(3,4)10-16/h11-12H,5-10,15H2,1-4H3. The highest BCUT2D eigenvalue weighted by Gasteiger charge is 2.30. The lowest BCUT2D eigenvalue weighted by Gasteiger charge is -2.38. The summed E-state index contributed by atoms with van der Waals surface area (Å²) in [6.45, 7) is 11.0. The van der Waals surface area contributed by atoms with Gasteiger partial charge in [0.25, 0.3) is 0 Å². The van der Waals surface area contributed by atoms with Crippen molar-refractivity contribution in [3.63, 3.8) is 0 Å². The number of hydrogen-bond donors (Lipinski definition) is 1. The maximum Gasteiger partial charge on any atom is 0.223 e. The number of morpholine rings is 1. The molecule has 0 bridgehead atoms.